The predicted molar refractivity (Wildman–Crippen MR) is 100 cm³/mol. The number of benzene rings is 2. The molecular weight excluding hydrogens is 345 g/mol. The summed E-state index contributed by atoms with van der Waals surface area (Å²) in [4.78, 5) is 11.9. The molecule has 1 N–H and O–H groups in total. The van der Waals surface area contributed by atoms with Gasteiger partial charge in [0.15, 0.2) is 0 Å². The van der Waals surface area contributed by atoms with Crippen molar-refractivity contribution in [2.75, 3.05) is 12.3 Å². The van der Waals surface area contributed by atoms with E-state index in [1.807, 2.05) is 12.1 Å². The van der Waals surface area contributed by atoms with E-state index >= 15 is 0 Å². The lowest BCUT2D eigenvalue weighted by Gasteiger charge is -2.07. The average molecular weight is 366 g/mol. The highest BCUT2D eigenvalue weighted by molar-refractivity contribution is 7.98. The molecular formula is C19H21ClFNOS. The van der Waals surface area contributed by atoms with Crippen LogP contribution in [0.3, 0.4) is 0 Å². The second-order valence-corrected chi connectivity index (χ2v) is 6.96. The van der Waals surface area contributed by atoms with Gasteiger partial charge >= 0.3 is 0 Å². The number of nitrogens with one attached hydrogen (secondary N) is 1. The highest BCUT2D eigenvalue weighted by Crippen LogP contribution is 2.23. The van der Waals surface area contributed by atoms with Gasteiger partial charge in [-0.3, -0.25) is 4.79 Å². The van der Waals surface area contributed by atoms with E-state index in [2.05, 4.69) is 24.4 Å². The van der Waals surface area contributed by atoms with Crippen molar-refractivity contribution in [1.29, 1.82) is 0 Å². The summed E-state index contributed by atoms with van der Waals surface area (Å²) in [6, 6.07) is 12.8. The summed E-state index contributed by atoms with van der Waals surface area (Å²) in [6.07, 6.45) is 1.38. The molecule has 0 aromatic heterocycles. The van der Waals surface area contributed by atoms with E-state index in [1.165, 1.54) is 11.6 Å². The number of halogens is 2. The van der Waals surface area contributed by atoms with Crippen molar-refractivity contribution in [1.82, 2.24) is 5.32 Å². The fraction of sp³-hybridized carbons (Fsp3) is 0.316. The lowest BCUT2D eigenvalue weighted by Crippen LogP contribution is -2.27. The normalized spacial score (nSPS) is 10.6. The second-order valence-electron chi connectivity index (χ2n) is 5.45. The van der Waals surface area contributed by atoms with Crippen molar-refractivity contribution in [2.45, 2.75) is 25.5 Å². The molecule has 0 saturated heterocycles. The molecule has 0 aliphatic carbocycles. The van der Waals surface area contributed by atoms with Crippen LogP contribution in [-0.4, -0.2) is 18.2 Å². The van der Waals surface area contributed by atoms with Crippen LogP contribution in [0.25, 0.3) is 0 Å². The van der Waals surface area contributed by atoms with Gasteiger partial charge in [-0.1, -0.05) is 48.9 Å². The van der Waals surface area contributed by atoms with Crippen LogP contribution >= 0.6 is 23.4 Å². The highest BCUT2D eigenvalue weighted by atomic mass is 35.5. The van der Waals surface area contributed by atoms with Gasteiger partial charge in [0.1, 0.15) is 5.82 Å². The Hall–Kier alpha value is -1.52. The van der Waals surface area contributed by atoms with E-state index in [4.69, 9.17) is 11.6 Å². The maximum absolute atomic E-state index is 13.6. The second kappa shape index (κ2) is 9.70. The number of amides is 1. The Morgan fingerprint density at radius 2 is 1.88 bits per heavy atom. The van der Waals surface area contributed by atoms with Gasteiger partial charge in [0.05, 0.1) is 6.42 Å². The summed E-state index contributed by atoms with van der Waals surface area (Å²) in [5.41, 5.74) is 2.80. The Morgan fingerprint density at radius 1 is 1.17 bits per heavy atom. The van der Waals surface area contributed by atoms with Gasteiger partial charge in [0.25, 0.3) is 0 Å². The summed E-state index contributed by atoms with van der Waals surface area (Å²) in [5, 5.41) is 3.34. The minimum atomic E-state index is -0.283. The number of hydrogen-bond acceptors (Lipinski definition) is 2. The van der Waals surface area contributed by atoms with E-state index in [9.17, 15) is 9.18 Å². The van der Waals surface area contributed by atoms with E-state index in [-0.39, 0.29) is 11.7 Å². The Kier molecular flexibility index (Phi) is 7.60. The molecule has 0 saturated carbocycles. The maximum Gasteiger partial charge on any atom is 0.224 e. The van der Waals surface area contributed by atoms with Crippen LogP contribution < -0.4 is 5.32 Å². The first kappa shape index (κ1) is 18.8. The van der Waals surface area contributed by atoms with Crippen LogP contribution in [0.2, 0.25) is 5.02 Å². The Morgan fingerprint density at radius 3 is 2.54 bits per heavy atom. The van der Waals surface area contributed by atoms with E-state index in [0.717, 1.165) is 12.0 Å². The Bertz CT molecular complexity index is 655. The molecule has 0 bridgehead atoms. The molecule has 128 valence electrons. The van der Waals surface area contributed by atoms with Crippen LogP contribution in [0.15, 0.2) is 42.5 Å². The molecule has 0 aliphatic heterocycles. The molecule has 24 heavy (non-hydrogen) atoms. The van der Waals surface area contributed by atoms with Crippen LogP contribution in [0, 0.1) is 5.82 Å². The van der Waals surface area contributed by atoms with Gasteiger partial charge in [0.2, 0.25) is 5.91 Å². The highest BCUT2D eigenvalue weighted by Gasteiger charge is 2.07. The zero-order valence-electron chi connectivity index (χ0n) is 13.6. The maximum atomic E-state index is 13.6. The van der Waals surface area contributed by atoms with Crippen LogP contribution in [0.4, 0.5) is 4.39 Å². The summed E-state index contributed by atoms with van der Waals surface area (Å²) in [7, 11) is 0. The number of hydrogen-bond donors (Lipinski definition) is 1. The molecule has 0 atom stereocenters. The third kappa shape index (κ3) is 5.84. The van der Waals surface area contributed by atoms with Gasteiger partial charge in [-0.2, -0.15) is 11.8 Å². The fourth-order valence-corrected chi connectivity index (χ4v) is 3.45. The smallest absolute Gasteiger partial charge is 0.224 e. The minimum Gasteiger partial charge on any atom is -0.355 e. The van der Waals surface area contributed by atoms with Gasteiger partial charge in [-0.15, -0.1) is 0 Å². The fourth-order valence-electron chi connectivity index (χ4n) is 2.25. The molecule has 0 radical (unpaired) electrons. The van der Waals surface area contributed by atoms with Gasteiger partial charge in [-0.05, 0) is 29.7 Å². The third-order valence-electron chi connectivity index (χ3n) is 3.67. The average Bonchev–Trinajstić information content (AvgIpc) is 2.57. The molecule has 0 aliphatic rings. The van der Waals surface area contributed by atoms with Crippen LogP contribution in [0.1, 0.15) is 23.6 Å². The summed E-state index contributed by atoms with van der Waals surface area (Å²) in [5.74, 6) is 0.934. The molecule has 2 aromatic rings. The summed E-state index contributed by atoms with van der Waals surface area (Å²) < 4.78 is 13.6. The van der Waals surface area contributed by atoms with E-state index < -0.39 is 0 Å². The zero-order chi connectivity index (χ0) is 17.4. The summed E-state index contributed by atoms with van der Waals surface area (Å²) >= 11 is 7.53. The minimum absolute atomic E-state index is 0.00349. The summed E-state index contributed by atoms with van der Waals surface area (Å²) in [6.45, 7) is 2.66. The van der Waals surface area contributed by atoms with Crippen molar-refractivity contribution in [3.8, 4) is 0 Å². The van der Waals surface area contributed by atoms with Crippen molar-refractivity contribution >= 4 is 29.3 Å². The van der Waals surface area contributed by atoms with Crippen molar-refractivity contribution in [3.63, 3.8) is 0 Å². The number of rotatable bonds is 8. The number of carbonyl (C=O) groups excluding carboxylic acids is 1. The van der Waals surface area contributed by atoms with Crippen molar-refractivity contribution in [3.05, 3.63) is 70.0 Å². The number of carbonyl (C=O) groups is 1. The van der Waals surface area contributed by atoms with Crippen molar-refractivity contribution in [2.24, 2.45) is 0 Å². The Labute approximate surface area is 151 Å². The standard InChI is InChI=1S/C19H21ClFNOS/c1-2-14-6-8-15(9-7-14)12-19(23)22-10-11-24-13-16-17(20)4-3-5-18(16)21/h3-9H,2,10-13H2,1H3,(H,22,23). The largest absolute Gasteiger partial charge is 0.355 e. The van der Waals surface area contributed by atoms with Crippen LogP contribution in [-0.2, 0) is 23.4 Å². The molecule has 0 heterocycles. The first-order chi connectivity index (χ1) is 11.6. The van der Waals surface area contributed by atoms with Crippen LogP contribution in [0.5, 0.6) is 0 Å². The Balaban J connectivity index is 1.67. The first-order valence-electron chi connectivity index (χ1n) is 7.95. The molecule has 2 nitrogen and oxygen atoms in total. The van der Waals surface area contributed by atoms with E-state index in [1.54, 1.807) is 23.9 Å². The molecule has 2 aromatic carbocycles. The van der Waals surface area contributed by atoms with E-state index in [0.29, 0.717) is 35.1 Å². The molecule has 0 fully saturated rings. The molecule has 5 heteroatoms. The molecule has 0 spiro atoms. The molecule has 1 amide bonds. The van der Waals surface area contributed by atoms with Gasteiger partial charge in [0, 0.05) is 28.6 Å². The molecule has 2 rings (SSSR count). The number of thioether (sulfide) groups is 1. The predicted octanol–water partition coefficient (Wildman–Crippen LogP) is 4.63. The molecule has 0 unspecified atom stereocenters. The lowest BCUT2D eigenvalue weighted by atomic mass is 10.1. The van der Waals surface area contributed by atoms with Gasteiger partial charge in [-0.25, -0.2) is 4.39 Å². The SMILES string of the molecule is CCc1ccc(CC(=O)NCCSCc2c(F)cccc2Cl)cc1. The quantitative estimate of drug-likeness (QED) is 0.691. The zero-order valence-corrected chi connectivity index (χ0v) is 15.2. The van der Waals surface area contributed by atoms with Gasteiger partial charge < -0.3 is 5.32 Å². The van der Waals surface area contributed by atoms with Crippen molar-refractivity contribution < 1.29 is 9.18 Å². The lowest BCUT2D eigenvalue weighted by molar-refractivity contribution is -0.120. The first-order valence-corrected chi connectivity index (χ1v) is 9.48. The topological polar surface area (TPSA) is 29.1 Å². The third-order valence-corrected chi connectivity index (χ3v) is 5.01. The monoisotopic (exact) mass is 365 g/mol. The number of aryl methyl sites for hydroxylation is 1.